The first kappa shape index (κ1) is 14.4. The monoisotopic (exact) mass is 350 g/mol. The van der Waals surface area contributed by atoms with Crippen molar-refractivity contribution in [2.45, 2.75) is 6.54 Å². The van der Waals surface area contributed by atoms with Crippen molar-refractivity contribution in [2.75, 3.05) is 32.8 Å². The number of para-hydroxylation sites is 1. The fraction of sp³-hybridized carbons (Fsp3) is 0.400. The van der Waals surface area contributed by atoms with E-state index in [-0.39, 0.29) is 0 Å². The van der Waals surface area contributed by atoms with Gasteiger partial charge in [-0.15, -0.1) is 0 Å². The van der Waals surface area contributed by atoms with Crippen LogP contribution in [0.2, 0.25) is 0 Å². The molecule has 2 N–H and O–H groups in total. The molecule has 3 rings (SSSR count). The Morgan fingerprint density at radius 1 is 1.24 bits per heavy atom. The van der Waals surface area contributed by atoms with Gasteiger partial charge in [0.2, 0.25) is 0 Å². The summed E-state index contributed by atoms with van der Waals surface area (Å²) >= 11 is 3.37. The first-order valence-corrected chi connectivity index (χ1v) is 7.91. The third-order valence-corrected chi connectivity index (χ3v) is 4.51. The van der Waals surface area contributed by atoms with E-state index in [1.165, 1.54) is 0 Å². The molecule has 0 spiro atoms. The van der Waals surface area contributed by atoms with Crippen molar-refractivity contribution in [1.29, 1.82) is 0 Å². The van der Waals surface area contributed by atoms with Crippen molar-refractivity contribution in [3.63, 3.8) is 0 Å². The maximum Gasteiger partial charge on any atom is 0.134 e. The first-order valence-electron chi connectivity index (χ1n) is 7.11. The Bertz CT molecular complexity index is 565. The fourth-order valence-corrected chi connectivity index (χ4v) is 3.06. The van der Waals surface area contributed by atoms with Gasteiger partial charge in [0.15, 0.2) is 0 Å². The molecular weight excluding hydrogens is 332 g/mol. The number of aliphatic imine (C=N–C) groups is 1. The van der Waals surface area contributed by atoms with Crippen LogP contribution in [0.3, 0.4) is 0 Å². The van der Waals surface area contributed by atoms with E-state index in [1.807, 2.05) is 30.5 Å². The number of aromatic hydroxyl groups is 1. The van der Waals surface area contributed by atoms with Gasteiger partial charge in [-0.25, -0.2) is 0 Å². The Morgan fingerprint density at radius 3 is 2.76 bits per heavy atom. The molecule has 112 valence electrons. The Balaban J connectivity index is 1.57. The lowest BCUT2D eigenvalue weighted by Gasteiger charge is -2.37. The zero-order chi connectivity index (χ0) is 14.7. The molecule has 6 heteroatoms. The lowest BCUT2D eigenvalue weighted by molar-refractivity contribution is 0.145. The molecule has 1 saturated heterocycles. The number of nitrogens with zero attached hydrogens (tertiary/aromatic N) is 3. The topological polar surface area (TPSA) is 51.1 Å². The van der Waals surface area contributed by atoms with Gasteiger partial charge < -0.3 is 15.3 Å². The molecule has 0 radical (unpaired) electrons. The van der Waals surface area contributed by atoms with Crippen molar-refractivity contribution >= 4 is 22.1 Å². The van der Waals surface area contributed by atoms with Crippen LogP contribution < -0.4 is 5.32 Å². The van der Waals surface area contributed by atoms with Gasteiger partial charge in [0, 0.05) is 44.5 Å². The van der Waals surface area contributed by atoms with E-state index >= 15 is 0 Å². The molecule has 5 nitrogen and oxygen atoms in total. The standard InChI is InChI=1S/C15H19BrN4O/c16-13-3-1-2-12(15(13)21)10-19-6-8-20(9-7-19)14-4-5-17-11-18-14/h1-5,18,21H,6-11H2. The van der Waals surface area contributed by atoms with Gasteiger partial charge in [-0.1, -0.05) is 12.1 Å². The molecule has 2 aliphatic rings. The zero-order valence-electron chi connectivity index (χ0n) is 11.8. The molecular formula is C15H19BrN4O. The number of piperazine rings is 1. The normalized spacial score (nSPS) is 19.3. The number of phenols is 1. The molecule has 1 aromatic carbocycles. The number of allylic oxidation sites excluding steroid dienone is 1. The lowest BCUT2D eigenvalue weighted by atomic mass is 10.1. The summed E-state index contributed by atoms with van der Waals surface area (Å²) in [6.07, 6.45) is 3.89. The van der Waals surface area contributed by atoms with Crippen LogP contribution in [-0.2, 0) is 6.54 Å². The Hall–Kier alpha value is -1.53. The van der Waals surface area contributed by atoms with Crippen LogP contribution in [0.4, 0.5) is 0 Å². The molecule has 0 unspecified atom stereocenters. The zero-order valence-corrected chi connectivity index (χ0v) is 13.4. The summed E-state index contributed by atoms with van der Waals surface area (Å²) in [6.45, 7) is 5.40. The average molecular weight is 351 g/mol. The summed E-state index contributed by atoms with van der Waals surface area (Å²) in [7, 11) is 0. The van der Waals surface area contributed by atoms with Crippen LogP contribution in [0.1, 0.15) is 5.56 Å². The summed E-state index contributed by atoms with van der Waals surface area (Å²) in [5, 5.41) is 13.4. The third kappa shape index (κ3) is 3.39. The number of rotatable bonds is 3. The number of halogens is 1. The molecule has 2 heterocycles. The van der Waals surface area contributed by atoms with Gasteiger partial charge in [0.05, 0.1) is 4.47 Å². The van der Waals surface area contributed by atoms with Gasteiger partial charge >= 0.3 is 0 Å². The summed E-state index contributed by atoms with van der Waals surface area (Å²) in [5.41, 5.74) is 0.972. The van der Waals surface area contributed by atoms with Gasteiger partial charge in [-0.3, -0.25) is 9.89 Å². The summed E-state index contributed by atoms with van der Waals surface area (Å²) in [6, 6.07) is 5.80. The molecule has 0 amide bonds. The van der Waals surface area contributed by atoms with E-state index in [2.05, 4.69) is 36.0 Å². The second-order valence-corrected chi connectivity index (χ2v) is 6.08. The highest BCUT2D eigenvalue weighted by Crippen LogP contribution is 2.28. The Morgan fingerprint density at radius 2 is 2.05 bits per heavy atom. The lowest BCUT2D eigenvalue weighted by Crippen LogP contribution is -2.48. The number of hydrogen-bond acceptors (Lipinski definition) is 5. The van der Waals surface area contributed by atoms with Crippen LogP contribution in [-0.4, -0.2) is 54.0 Å². The van der Waals surface area contributed by atoms with Gasteiger partial charge in [0.1, 0.15) is 18.2 Å². The van der Waals surface area contributed by atoms with Gasteiger partial charge in [0.25, 0.3) is 0 Å². The van der Waals surface area contributed by atoms with Gasteiger partial charge in [-0.2, -0.15) is 0 Å². The van der Waals surface area contributed by atoms with Crippen LogP contribution in [0.25, 0.3) is 0 Å². The fourth-order valence-electron chi connectivity index (χ4n) is 2.65. The highest BCUT2D eigenvalue weighted by Gasteiger charge is 2.20. The minimum Gasteiger partial charge on any atom is -0.506 e. The average Bonchev–Trinajstić information content (AvgIpc) is 2.53. The van der Waals surface area contributed by atoms with Crippen molar-refractivity contribution in [1.82, 2.24) is 15.1 Å². The quantitative estimate of drug-likeness (QED) is 0.871. The van der Waals surface area contributed by atoms with Crippen LogP contribution in [0, 0.1) is 0 Å². The number of benzene rings is 1. The smallest absolute Gasteiger partial charge is 0.134 e. The van der Waals surface area contributed by atoms with E-state index in [0.29, 0.717) is 12.4 Å². The van der Waals surface area contributed by atoms with Crippen molar-refractivity contribution in [3.05, 3.63) is 40.1 Å². The van der Waals surface area contributed by atoms with Crippen LogP contribution in [0.5, 0.6) is 5.75 Å². The maximum absolute atomic E-state index is 10.1. The molecule has 2 aliphatic heterocycles. The molecule has 1 fully saturated rings. The summed E-state index contributed by atoms with van der Waals surface area (Å²) in [4.78, 5) is 8.85. The summed E-state index contributed by atoms with van der Waals surface area (Å²) < 4.78 is 0.759. The van der Waals surface area contributed by atoms with Crippen molar-refractivity contribution < 1.29 is 5.11 Å². The van der Waals surface area contributed by atoms with E-state index < -0.39 is 0 Å². The molecule has 21 heavy (non-hydrogen) atoms. The third-order valence-electron chi connectivity index (χ3n) is 3.87. The maximum atomic E-state index is 10.1. The number of phenolic OH excluding ortho intramolecular Hbond substituents is 1. The predicted molar refractivity (Wildman–Crippen MR) is 87.2 cm³/mol. The molecule has 0 saturated carbocycles. The number of hydrogen-bond donors (Lipinski definition) is 2. The van der Waals surface area contributed by atoms with Crippen molar-refractivity contribution in [2.24, 2.45) is 4.99 Å². The van der Waals surface area contributed by atoms with Crippen LogP contribution in [0.15, 0.2) is 39.6 Å². The van der Waals surface area contributed by atoms with E-state index in [4.69, 9.17) is 0 Å². The van der Waals surface area contributed by atoms with Crippen LogP contribution >= 0.6 is 15.9 Å². The molecule has 0 bridgehead atoms. The second kappa shape index (κ2) is 6.49. The largest absolute Gasteiger partial charge is 0.506 e. The van der Waals surface area contributed by atoms with Crippen molar-refractivity contribution in [3.8, 4) is 5.75 Å². The predicted octanol–water partition coefficient (Wildman–Crippen LogP) is 1.75. The molecule has 1 aromatic rings. The molecule has 0 aromatic heterocycles. The first-order chi connectivity index (χ1) is 10.2. The second-order valence-electron chi connectivity index (χ2n) is 5.23. The minimum absolute atomic E-state index is 0.354. The van der Waals surface area contributed by atoms with Gasteiger partial charge in [-0.05, 0) is 28.1 Å². The Kier molecular flexibility index (Phi) is 4.45. The number of nitrogens with one attached hydrogen (secondary N) is 1. The highest BCUT2D eigenvalue weighted by molar-refractivity contribution is 9.10. The van der Waals surface area contributed by atoms with E-state index in [9.17, 15) is 5.11 Å². The SMILES string of the molecule is Oc1c(Br)cccc1CN1CCN(C2=CC=NCN2)CC1. The Labute approximate surface area is 133 Å². The molecule has 0 atom stereocenters. The van der Waals surface area contributed by atoms with E-state index in [0.717, 1.165) is 48.6 Å². The summed E-state index contributed by atoms with van der Waals surface area (Å²) in [5.74, 6) is 1.52. The highest BCUT2D eigenvalue weighted by atomic mass is 79.9. The molecule has 0 aliphatic carbocycles. The minimum atomic E-state index is 0.354. The van der Waals surface area contributed by atoms with E-state index in [1.54, 1.807) is 0 Å².